The van der Waals surface area contributed by atoms with E-state index in [-0.39, 0.29) is 6.42 Å². The van der Waals surface area contributed by atoms with Gasteiger partial charge in [0.05, 0.1) is 15.7 Å². The van der Waals surface area contributed by atoms with E-state index in [2.05, 4.69) is 16.4 Å². The van der Waals surface area contributed by atoms with Crippen LogP contribution in [0.1, 0.15) is 25.7 Å². The molecule has 18 heavy (non-hydrogen) atoms. The number of nitrogens with one attached hydrogen (secondary N) is 1. The van der Waals surface area contributed by atoms with Gasteiger partial charge >= 0.3 is 5.97 Å². The molecular formula is C13H16N2O2S. The second kappa shape index (κ2) is 6.35. The van der Waals surface area contributed by atoms with Crippen molar-refractivity contribution in [3.05, 3.63) is 23.7 Å². The highest BCUT2D eigenvalue weighted by Gasteiger charge is 1.99. The number of rotatable bonds is 7. The minimum atomic E-state index is -0.710. The predicted octanol–water partition coefficient (Wildman–Crippen LogP) is 3.35. The quantitative estimate of drug-likeness (QED) is 0.753. The number of benzene rings is 1. The molecule has 0 atom stereocenters. The normalized spacial score (nSPS) is 10.7. The largest absolute Gasteiger partial charge is 0.481 e. The molecule has 4 nitrogen and oxygen atoms in total. The van der Waals surface area contributed by atoms with Gasteiger partial charge in [0.1, 0.15) is 0 Å². The molecule has 1 aromatic heterocycles. The molecule has 0 aliphatic heterocycles. The molecule has 5 heteroatoms. The Balaban J connectivity index is 1.71. The number of anilines is 1. The molecule has 2 rings (SSSR count). The molecule has 0 saturated carbocycles. The van der Waals surface area contributed by atoms with Crippen LogP contribution in [0.2, 0.25) is 0 Å². The highest BCUT2D eigenvalue weighted by atomic mass is 32.1. The van der Waals surface area contributed by atoms with Crippen molar-refractivity contribution in [1.29, 1.82) is 0 Å². The van der Waals surface area contributed by atoms with Gasteiger partial charge in [-0.05, 0) is 31.0 Å². The highest BCUT2D eigenvalue weighted by Crippen LogP contribution is 2.21. The van der Waals surface area contributed by atoms with E-state index < -0.39 is 5.97 Å². The molecule has 0 bridgehead atoms. The Hall–Kier alpha value is -1.62. The van der Waals surface area contributed by atoms with Gasteiger partial charge < -0.3 is 10.4 Å². The molecular weight excluding hydrogens is 248 g/mol. The molecule has 0 amide bonds. The zero-order chi connectivity index (χ0) is 12.8. The second-order valence-corrected chi connectivity index (χ2v) is 5.05. The monoisotopic (exact) mass is 264 g/mol. The van der Waals surface area contributed by atoms with Gasteiger partial charge in [-0.1, -0.05) is 6.42 Å². The summed E-state index contributed by atoms with van der Waals surface area (Å²) >= 11 is 1.64. The Bertz CT molecular complexity index is 524. The molecule has 1 aromatic carbocycles. The van der Waals surface area contributed by atoms with E-state index in [0.29, 0.717) is 0 Å². The molecule has 2 aromatic rings. The van der Waals surface area contributed by atoms with E-state index in [0.717, 1.165) is 37.0 Å². The number of fused-ring (bicyclic) bond motifs is 1. The molecule has 0 fully saturated rings. The van der Waals surface area contributed by atoms with Gasteiger partial charge in [0.25, 0.3) is 0 Å². The summed E-state index contributed by atoms with van der Waals surface area (Å²) < 4.78 is 1.19. The maximum Gasteiger partial charge on any atom is 0.303 e. The average Bonchev–Trinajstić information content (AvgIpc) is 2.80. The minimum Gasteiger partial charge on any atom is -0.481 e. The first-order valence-corrected chi connectivity index (χ1v) is 6.92. The molecule has 0 aliphatic carbocycles. The smallest absolute Gasteiger partial charge is 0.303 e. The number of aliphatic carboxylic acids is 1. The number of carbonyl (C=O) groups is 1. The number of carboxylic acid groups (broad SMARTS) is 1. The highest BCUT2D eigenvalue weighted by molar-refractivity contribution is 7.16. The Morgan fingerprint density at radius 1 is 1.33 bits per heavy atom. The fraction of sp³-hybridized carbons (Fsp3) is 0.385. The van der Waals surface area contributed by atoms with Gasteiger partial charge in [-0.3, -0.25) is 4.79 Å². The van der Waals surface area contributed by atoms with Gasteiger partial charge in [0.2, 0.25) is 0 Å². The van der Waals surface area contributed by atoms with Gasteiger partial charge in [-0.15, -0.1) is 11.3 Å². The number of carboxylic acids is 1. The third-order valence-electron chi connectivity index (χ3n) is 2.73. The van der Waals surface area contributed by atoms with Gasteiger partial charge in [0.15, 0.2) is 0 Å². The Kier molecular flexibility index (Phi) is 4.52. The molecule has 2 N–H and O–H groups in total. The van der Waals surface area contributed by atoms with E-state index in [1.165, 1.54) is 4.70 Å². The zero-order valence-electron chi connectivity index (χ0n) is 10.1. The second-order valence-electron chi connectivity index (χ2n) is 4.17. The summed E-state index contributed by atoms with van der Waals surface area (Å²) in [6.07, 6.45) is 2.97. The molecule has 0 spiro atoms. The zero-order valence-corrected chi connectivity index (χ0v) is 10.9. The lowest BCUT2D eigenvalue weighted by molar-refractivity contribution is -0.137. The number of aromatic nitrogens is 1. The topological polar surface area (TPSA) is 62.2 Å². The van der Waals surface area contributed by atoms with Gasteiger partial charge in [0, 0.05) is 18.7 Å². The Morgan fingerprint density at radius 3 is 3.06 bits per heavy atom. The lowest BCUT2D eigenvalue weighted by Gasteiger charge is -2.05. The number of hydrogen-bond donors (Lipinski definition) is 2. The summed E-state index contributed by atoms with van der Waals surface area (Å²) in [6, 6.07) is 6.14. The molecule has 96 valence electrons. The summed E-state index contributed by atoms with van der Waals surface area (Å²) in [5, 5.41) is 11.9. The third kappa shape index (κ3) is 3.70. The van der Waals surface area contributed by atoms with Gasteiger partial charge in [-0.2, -0.15) is 0 Å². The number of unbranched alkanes of at least 4 members (excludes halogenated alkanes) is 2. The maximum absolute atomic E-state index is 10.3. The number of thiazole rings is 1. The van der Waals surface area contributed by atoms with Crippen molar-refractivity contribution < 1.29 is 9.90 Å². The number of nitrogens with zero attached hydrogens (tertiary/aromatic N) is 1. The first-order chi connectivity index (χ1) is 8.75. The molecule has 0 saturated heterocycles. The van der Waals surface area contributed by atoms with Crippen LogP contribution in [0.25, 0.3) is 10.2 Å². The van der Waals surface area contributed by atoms with E-state index in [4.69, 9.17) is 5.11 Å². The van der Waals surface area contributed by atoms with E-state index in [9.17, 15) is 4.79 Å². The first kappa shape index (κ1) is 12.8. The summed E-state index contributed by atoms with van der Waals surface area (Å²) in [5.41, 5.74) is 3.98. The third-order valence-corrected chi connectivity index (χ3v) is 3.52. The van der Waals surface area contributed by atoms with E-state index in [1.807, 2.05) is 17.6 Å². The van der Waals surface area contributed by atoms with Crippen LogP contribution in [0, 0.1) is 0 Å². The van der Waals surface area contributed by atoms with Crippen LogP contribution in [0.15, 0.2) is 23.7 Å². The van der Waals surface area contributed by atoms with Crippen LogP contribution >= 0.6 is 11.3 Å². The van der Waals surface area contributed by atoms with Crippen LogP contribution in [-0.4, -0.2) is 22.6 Å². The summed E-state index contributed by atoms with van der Waals surface area (Å²) in [5.74, 6) is -0.710. The van der Waals surface area contributed by atoms with Crippen molar-refractivity contribution in [2.24, 2.45) is 0 Å². The van der Waals surface area contributed by atoms with Crippen LogP contribution in [0.3, 0.4) is 0 Å². The van der Waals surface area contributed by atoms with E-state index >= 15 is 0 Å². The van der Waals surface area contributed by atoms with Gasteiger partial charge in [-0.25, -0.2) is 4.98 Å². The predicted molar refractivity (Wildman–Crippen MR) is 74.2 cm³/mol. The fourth-order valence-electron chi connectivity index (χ4n) is 1.78. The van der Waals surface area contributed by atoms with Crippen molar-refractivity contribution >= 4 is 33.2 Å². The molecule has 0 aliphatic rings. The van der Waals surface area contributed by atoms with Crippen molar-refractivity contribution in [3.8, 4) is 0 Å². The summed E-state index contributed by atoms with van der Waals surface area (Å²) in [6.45, 7) is 0.879. The maximum atomic E-state index is 10.3. The van der Waals surface area contributed by atoms with Crippen LogP contribution in [-0.2, 0) is 4.79 Å². The Morgan fingerprint density at radius 2 is 2.22 bits per heavy atom. The lowest BCUT2D eigenvalue weighted by atomic mass is 10.2. The van der Waals surface area contributed by atoms with Crippen molar-refractivity contribution in [2.45, 2.75) is 25.7 Å². The SMILES string of the molecule is O=C(O)CCCCCNc1ccc2ncsc2c1. The summed E-state index contributed by atoms with van der Waals surface area (Å²) in [4.78, 5) is 14.6. The first-order valence-electron chi connectivity index (χ1n) is 6.04. The number of hydrogen-bond acceptors (Lipinski definition) is 4. The standard InChI is InChI=1S/C13H16N2O2S/c16-13(17)4-2-1-3-7-14-10-5-6-11-12(8-10)18-9-15-11/h5-6,8-9,14H,1-4,7H2,(H,16,17). The van der Waals surface area contributed by atoms with Crippen molar-refractivity contribution in [1.82, 2.24) is 4.98 Å². The molecule has 0 unspecified atom stereocenters. The van der Waals surface area contributed by atoms with Crippen LogP contribution in [0.4, 0.5) is 5.69 Å². The van der Waals surface area contributed by atoms with Crippen molar-refractivity contribution in [3.63, 3.8) is 0 Å². The lowest BCUT2D eigenvalue weighted by Crippen LogP contribution is -2.02. The minimum absolute atomic E-state index is 0.271. The summed E-state index contributed by atoms with van der Waals surface area (Å²) in [7, 11) is 0. The Labute approximate surface area is 110 Å². The molecule has 1 heterocycles. The molecule has 0 radical (unpaired) electrons. The van der Waals surface area contributed by atoms with Crippen LogP contribution in [0.5, 0.6) is 0 Å². The van der Waals surface area contributed by atoms with Crippen molar-refractivity contribution in [2.75, 3.05) is 11.9 Å². The fourth-order valence-corrected chi connectivity index (χ4v) is 2.49. The van der Waals surface area contributed by atoms with Crippen LogP contribution < -0.4 is 5.32 Å². The van der Waals surface area contributed by atoms with E-state index in [1.54, 1.807) is 11.3 Å². The average molecular weight is 264 g/mol.